The molecule has 1 aromatic carbocycles. The number of nitrogens with one attached hydrogen (secondary N) is 1. The van der Waals surface area contributed by atoms with Crippen molar-refractivity contribution in [2.24, 2.45) is 5.41 Å². The van der Waals surface area contributed by atoms with Gasteiger partial charge in [0, 0.05) is 26.7 Å². The van der Waals surface area contributed by atoms with Gasteiger partial charge < -0.3 is 15.0 Å². The van der Waals surface area contributed by atoms with E-state index in [-0.39, 0.29) is 11.3 Å². The third-order valence-electron chi connectivity index (χ3n) is 4.54. The van der Waals surface area contributed by atoms with Gasteiger partial charge >= 0.3 is 0 Å². The molecule has 1 atom stereocenters. The minimum Gasteiger partial charge on any atom is -0.384 e. The zero-order valence-electron chi connectivity index (χ0n) is 12.0. The van der Waals surface area contributed by atoms with Crippen LogP contribution in [0.15, 0.2) is 24.3 Å². The van der Waals surface area contributed by atoms with E-state index in [2.05, 4.69) is 29.6 Å². The SMILES string of the molecule is COCC1(C(=O)N2CCc3ccccc3C2)CCNC1. The van der Waals surface area contributed by atoms with Crippen molar-refractivity contribution in [2.45, 2.75) is 19.4 Å². The van der Waals surface area contributed by atoms with Crippen LogP contribution in [0.5, 0.6) is 0 Å². The van der Waals surface area contributed by atoms with Gasteiger partial charge in [-0.05, 0) is 30.5 Å². The van der Waals surface area contributed by atoms with Crippen molar-refractivity contribution in [3.8, 4) is 0 Å². The minimum atomic E-state index is -0.360. The Morgan fingerprint density at radius 2 is 2.20 bits per heavy atom. The van der Waals surface area contributed by atoms with Crippen molar-refractivity contribution in [3.05, 3.63) is 35.4 Å². The Labute approximate surface area is 120 Å². The fourth-order valence-corrected chi connectivity index (χ4v) is 3.39. The molecule has 1 amide bonds. The average molecular weight is 274 g/mol. The number of carbonyl (C=O) groups excluding carboxylic acids is 1. The highest BCUT2D eigenvalue weighted by molar-refractivity contribution is 5.84. The van der Waals surface area contributed by atoms with Gasteiger partial charge in [-0.3, -0.25) is 4.79 Å². The van der Waals surface area contributed by atoms with E-state index in [0.717, 1.165) is 39.0 Å². The lowest BCUT2D eigenvalue weighted by atomic mass is 9.85. The van der Waals surface area contributed by atoms with Gasteiger partial charge in [-0.1, -0.05) is 24.3 Å². The van der Waals surface area contributed by atoms with E-state index in [1.807, 2.05) is 4.90 Å². The Kier molecular flexibility index (Phi) is 3.76. The molecule has 0 radical (unpaired) electrons. The summed E-state index contributed by atoms with van der Waals surface area (Å²) < 4.78 is 5.32. The van der Waals surface area contributed by atoms with E-state index in [0.29, 0.717) is 6.61 Å². The van der Waals surface area contributed by atoms with Crippen molar-refractivity contribution in [3.63, 3.8) is 0 Å². The number of fused-ring (bicyclic) bond motifs is 1. The Morgan fingerprint density at radius 3 is 2.90 bits per heavy atom. The molecule has 0 aliphatic carbocycles. The number of hydrogen-bond acceptors (Lipinski definition) is 3. The maximum atomic E-state index is 12.9. The second-order valence-corrected chi connectivity index (χ2v) is 5.89. The van der Waals surface area contributed by atoms with Gasteiger partial charge in [-0.2, -0.15) is 0 Å². The fraction of sp³-hybridized carbons (Fsp3) is 0.562. The summed E-state index contributed by atoms with van der Waals surface area (Å²) >= 11 is 0. The molecule has 2 aliphatic rings. The number of rotatable bonds is 3. The smallest absolute Gasteiger partial charge is 0.232 e. The van der Waals surface area contributed by atoms with Crippen molar-refractivity contribution >= 4 is 5.91 Å². The highest BCUT2D eigenvalue weighted by Crippen LogP contribution is 2.31. The van der Waals surface area contributed by atoms with E-state index in [9.17, 15) is 4.79 Å². The van der Waals surface area contributed by atoms with Crippen LogP contribution < -0.4 is 5.32 Å². The molecule has 2 aliphatic heterocycles. The molecule has 1 saturated heterocycles. The second-order valence-electron chi connectivity index (χ2n) is 5.89. The molecule has 2 heterocycles. The first kappa shape index (κ1) is 13.6. The molecular formula is C16H22N2O2. The fourth-order valence-electron chi connectivity index (χ4n) is 3.39. The summed E-state index contributed by atoms with van der Waals surface area (Å²) in [6.07, 6.45) is 1.83. The standard InChI is InChI=1S/C16H22N2O2/c1-20-12-16(7-8-17-11-16)15(19)18-9-6-13-4-2-3-5-14(13)10-18/h2-5,17H,6-12H2,1H3. The first-order chi connectivity index (χ1) is 9.75. The molecule has 1 fully saturated rings. The average Bonchev–Trinajstić information content (AvgIpc) is 2.96. The van der Waals surface area contributed by atoms with Gasteiger partial charge in [0.05, 0.1) is 12.0 Å². The van der Waals surface area contributed by atoms with Crippen LogP contribution >= 0.6 is 0 Å². The van der Waals surface area contributed by atoms with Crippen molar-refractivity contribution < 1.29 is 9.53 Å². The molecule has 4 nitrogen and oxygen atoms in total. The van der Waals surface area contributed by atoms with Crippen molar-refractivity contribution in [1.82, 2.24) is 10.2 Å². The molecule has 108 valence electrons. The van der Waals surface area contributed by atoms with Crippen molar-refractivity contribution in [2.75, 3.05) is 33.4 Å². The van der Waals surface area contributed by atoms with Crippen LogP contribution in [-0.4, -0.2) is 44.2 Å². The van der Waals surface area contributed by atoms with Crippen LogP contribution in [0, 0.1) is 5.41 Å². The van der Waals surface area contributed by atoms with Gasteiger partial charge in [0.1, 0.15) is 0 Å². The third kappa shape index (κ3) is 2.34. The number of ether oxygens (including phenoxy) is 1. The number of carbonyl (C=O) groups is 1. The molecule has 20 heavy (non-hydrogen) atoms. The van der Waals surface area contributed by atoms with Crippen LogP contribution in [0.1, 0.15) is 17.5 Å². The molecule has 1 unspecified atom stereocenters. The Hall–Kier alpha value is -1.39. The van der Waals surface area contributed by atoms with E-state index in [4.69, 9.17) is 4.74 Å². The molecule has 0 saturated carbocycles. The summed E-state index contributed by atoms with van der Waals surface area (Å²) in [5.74, 6) is 0.249. The van der Waals surface area contributed by atoms with E-state index < -0.39 is 0 Å². The van der Waals surface area contributed by atoms with Gasteiger partial charge in [0.2, 0.25) is 5.91 Å². The maximum Gasteiger partial charge on any atom is 0.232 e. The van der Waals surface area contributed by atoms with Gasteiger partial charge in [-0.25, -0.2) is 0 Å². The second kappa shape index (κ2) is 5.54. The lowest BCUT2D eigenvalue weighted by molar-refractivity contribution is -0.145. The molecule has 4 heteroatoms. The highest BCUT2D eigenvalue weighted by Gasteiger charge is 2.44. The summed E-state index contributed by atoms with van der Waals surface area (Å²) in [4.78, 5) is 14.9. The van der Waals surface area contributed by atoms with E-state index in [1.54, 1.807) is 7.11 Å². The minimum absolute atomic E-state index is 0.249. The Bertz CT molecular complexity index is 495. The van der Waals surface area contributed by atoms with Gasteiger partial charge in [0.25, 0.3) is 0 Å². The summed E-state index contributed by atoms with van der Waals surface area (Å²) in [6, 6.07) is 8.42. The summed E-state index contributed by atoms with van der Waals surface area (Å²) in [5.41, 5.74) is 2.30. The largest absolute Gasteiger partial charge is 0.384 e. The van der Waals surface area contributed by atoms with Crippen LogP contribution in [0.4, 0.5) is 0 Å². The molecule has 1 N–H and O–H groups in total. The summed E-state index contributed by atoms with van der Waals surface area (Å²) in [5, 5.41) is 3.31. The predicted octanol–water partition coefficient (Wildman–Crippen LogP) is 1.20. The van der Waals surface area contributed by atoms with Gasteiger partial charge in [0.15, 0.2) is 0 Å². The third-order valence-corrected chi connectivity index (χ3v) is 4.54. The lowest BCUT2D eigenvalue weighted by Gasteiger charge is -2.36. The topological polar surface area (TPSA) is 41.6 Å². The summed E-state index contributed by atoms with van der Waals surface area (Å²) in [7, 11) is 1.68. The van der Waals surface area contributed by atoms with Crippen LogP contribution in [0.2, 0.25) is 0 Å². The van der Waals surface area contributed by atoms with Gasteiger partial charge in [-0.15, -0.1) is 0 Å². The Balaban J connectivity index is 1.78. The molecule has 0 aromatic heterocycles. The Morgan fingerprint density at radius 1 is 1.40 bits per heavy atom. The maximum absolute atomic E-state index is 12.9. The number of nitrogens with zero attached hydrogens (tertiary/aromatic N) is 1. The lowest BCUT2D eigenvalue weighted by Crippen LogP contribution is -2.49. The van der Waals surface area contributed by atoms with E-state index in [1.165, 1.54) is 11.1 Å². The number of benzene rings is 1. The summed E-state index contributed by atoms with van der Waals surface area (Å²) in [6.45, 7) is 3.70. The normalized spacial score (nSPS) is 25.6. The van der Waals surface area contributed by atoms with Crippen LogP contribution in [0.3, 0.4) is 0 Å². The zero-order valence-corrected chi connectivity index (χ0v) is 12.0. The molecule has 1 aromatic rings. The first-order valence-corrected chi connectivity index (χ1v) is 7.31. The zero-order chi connectivity index (χ0) is 14.0. The monoisotopic (exact) mass is 274 g/mol. The van der Waals surface area contributed by atoms with E-state index >= 15 is 0 Å². The first-order valence-electron chi connectivity index (χ1n) is 7.31. The quantitative estimate of drug-likeness (QED) is 0.900. The number of methoxy groups -OCH3 is 1. The predicted molar refractivity (Wildman–Crippen MR) is 77.4 cm³/mol. The molecule has 3 rings (SSSR count). The number of hydrogen-bond donors (Lipinski definition) is 1. The number of amides is 1. The highest BCUT2D eigenvalue weighted by atomic mass is 16.5. The van der Waals surface area contributed by atoms with Crippen molar-refractivity contribution in [1.29, 1.82) is 0 Å². The molecular weight excluding hydrogens is 252 g/mol. The molecule has 0 bridgehead atoms. The van der Waals surface area contributed by atoms with Crippen LogP contribution in [-0.2, 0) is 22.5 Å². The molecule has 0 spiro atoms. The van der Waals surface area contributed by atoms with Crippen LogP contribution in [0.25, 0.3) is 0 Å².